The van der Waals surface area contributed by atoms with E-state index in [2.05, 4.69) is 10.6 Å². The molecule has 1 unspecified atom stereocenters. The summed E-state index contributed by atoms with van der Waals surface area (Å²) in [6, 6.07) is 13.9. The minimum atomic E-state index is -4.38. The Labute approximate surface area is 144 Å². The molecule has 1 amide bonds. The fourth-order valence-corrected chi connectivity index (χ4v) is 2.60. The van der Waals surface area contributed by atoms with Gasteiger partial charge in [0.1, 0.15) is 6.04 Å². The number of alkyl halides is 3. The molecule has 1 atom stereocenters. The molecule has 0 saturated heterocycles. The van der Waals surface area contributed by atoms with E-state index in [1.54, 1.807) is 6.07 Å². The van der Waals surface area contributed by atoms with Crippen LogP contribution >= 0.6 is 0 Å². The summed E-state index contributed by atoms with van der Waals surface area (Å²) < 4.78 is 38.5. The van der Waals surface area contributed by atoms with E-state index < -0.39 is 17.8 Å². The molecular weight excluding hydrogens is 329 g/mol. The van der Waals surface area contributed by atoms with Crippen molar-refractivity contribution in [2.75, 3.05) is 0 Å². The Bertz CT molecular complexity index is 727. The van der Waals surface area contributed by atoms with Crippen molar-refractivity contribution < 1.29 is 18.0 Å². The molecular formula is C19H19F3N2O. The number of hydrogen-bond donors (Lipinski definition) is 2. The topological polar surface area (TPSA) is 41.1 Å². The van der Waals surface area contributed by atoms with E-state index in [1.165, 1.54) is 6.07 Å². The van der Waals surface area contributed by atoms with Gasteiger partial charge >= 0.3 is 6.18 Å². The molecule has 6 heteroatoms. The Morgan fingerprint density at radius 2 is 1.80 bits per heavy atom. The number of hydrogen-bond acceptors (Lipinski definition) is 2. The molecule has 25 heavy (non-hydrogen) atoms. The molecule has 132 valence electrons. The van der Waals surface area contributed by atoms with E-state index in [1.807, 2.05) is 30.3 Å². The number of halogens is 3. The maximum Gasteiger partial charge on any atom is 0.416 e. The number of benzene rings is 2. The van der Waals surface area contributed by atoms with E-state index in [0.717, 1.165) is 30.5 Å². The fourth-order valence-electron chi connectivity index (χ4n) is 2.60. The third-order valence-corrected chi connectivity index (χ3v) is 4.08. The standard InChI is InChI=1S/C19H19F3N2O/c20-19(21,22)15-8-4-5-13(11-15)12-23-17(14-6-2-1-3-7-14)18(25)24-16-9-10-16/h1-8,11,16-17,23H,9-10,12H2,(H,24,25). The summed E-state index contributed by atoms with van der Waals surface area (Å²) in [6.07, 6.45) is -2.43. The molecule has 2 aromatic carbocycles. The van der Waals surface area contributed by atoms with Gasteiger partial charge in [-0.2, -0.15) is 13.2 Å². The molecule has 0 heterocycles. The van der Waals surface area contributed by atoms with Crippen molar-refractivity contribution >= 4 is 5.91 Å². The maximum absolute atomic E-state index is 12.8. The minimum Gasteiger partial charge on any atom is -0.352 e. The predicted octanol–water partition coefficient (Wildman–Crippen LogP) is 3.81. The third kappa shape index (κ3) is 4.82. The quantitative estimate of drug-likeness (QED) is 0.833. The second-order valence-electron chi connectivity index (χ2n) is 6.21. The average Bonchev–Trinajstić information content (AvgIpc) is 3.39. The van der Waals surface area contributed by atoms with Gasteiger partial charge in [-0.3, -0.25) is 10.1 Å². The molecule has 1 aliphatic rings. The van der Waals surface area contributed by atoms with Crippen LogP contribution in [0.4, 0.5) is 13.2 Å². The van der Waals surface area contributed by atoms with Gasteiger partial charge in [0.05, 0.1) is 5.56 Å². The summed E-state index contributed by atoms with van der Waals surface area (Å²) in [5, 5.41) is 6.03. The number of amides is 1. The van der Waals surface area contributed by atoms with E-state index in [0.29, 0.717) is 5.56 Å². The van der Waals surface area contributed by atoms with Gasteiger partial charge in [-0.25, -0.2) is 0 Å². The molecule has 1 fully saturated rings. The van der Waals surface area contributed by atoms with Crippen LogP contribution in [0, 0.1) is 0 Å². The van der Waals surface area contributed by atoms with Gasteiger partial charge in [0, 0.05) is 12.6 Å². The monoisotopic (exact) mass is 348 g/mol. The van der Waals surface area contributed by atoms with Crippen LogP contribution in [-0.4, -0.2) is 11.9 Å². The summed E-state index contributed by atoms with van der Waals surface area (Å²) in [5.41, 5.74) is 0.577. The smallest absolute Gasteiger partial charge is 0.352 e. The molecule has 2 aromatic rings. The van der Waals surface area contributed by atoms with Gasteiger partial charge in [0.25, 0.3) is 0 Å². The lowest BCUT2D eigenvalue weighted by Crippen LogP contribution is -2.38. The van der Waals surface area contributed by atoms with Crippen LogP contribution in [0.15, 0.2) is 54.6 Å². The molecule has 1 saturated carbocycles. The summed E-state index contributed by atoms with van der Waals surface area (Å²) in [4.78, 5) is 12.5. The average molecular weight is 348 g/mol. The van der Waals surface area contributed by atoms with Crippen LogP contribution in [0.2, 0.25) is 0 Å². The zero-order chi connectivity index (χ0) is 17.9. The maximum atomic E-state index is 12.8. The molecule has 0 radical (unpaired) electrons. The van der Waals surface area contributed by atoms with Gasteiger partial charge in [-0.1, -0.05) is 48.5 Å². The Kier molecular flexibility index (Phi) is 5.08. The Balaban J connectivity index is 1.73. The SMILES string of the molecule is O=C(NC1CC1)C(NCc1cccc(C(F)(F)F)c1)c1ccccc1. The van der Waals surface area contributed by atoms with Crippen molar-refractivity contribution in [2.24, 2.45) is 0 Å². The highest BCUT2D eigenvalue weighted by molar-refractivity contribution is 5.83. The highest BCUT2D eigenvalue weighted by atomic mass is 19.4. The Morgan fingerprint density at radius 1 is 1.08 bits per heavy atom. The Morgan fingerprint density at radius 3 is 2.44 bits per heavy atom. The fraction of sp³-hybridized carbons (Fsp3) is 0.316. The van der Waals surface area contributed by atoms with Crippen LogP contribution in [0.1, 0.15) is 35.6 Å². The van der Waals surface area contributed by atoms with Crippen molar-refractivity contribution in [1.29, 1.82) is 0 Å². The van der Waals surface area contributed by atoms with Crippen LogP contribution in [0.25, 0.3) is 0 Å². The van der Waals surface area contributed by atoms with Crippen LogP contribution in [0.5, 0.6) is 0 Å². The molecule has 1 aliphatic carbocycles. The normalized spacial score (nSPS) is 15.6. The molecule has 0 aromatic heterocycles. The molecule has 3 nitrogen and oxygen atoms in total. The molecule has 2 N–H and O–H groups in total. The molecule has 0 bridgehead atoms. The van der Waals surface area contributed by atoms with Gasteiger partial charge in [0.15, 0.2) is 0 Å². The zero-order valence-electron chi connectivity index (χ0n) is 13.5. The van der Waals surface area contributed by atoms with Gasteiger partial charge in [0.2, 0.25) is 5.91 Å². The summed E-state index contributed by atoms with van der Waals surface area (Å²) in [5.74, 6) is -0.152. The highest BCUT2D eigenvalue weighted by Gasteiger charge is 2.31. The van der Waals surface area contributed by atoms with Gasteiger partial charge < -0.3 is 5.32 Å². The second kappa shape index (κ2) is 7.27. The Hall–Kier alpha value is -2.34. The number of carbonyl (C=O) groups is 1. The second-order valence-corrected chi connectivity index (χ2v) is 6.21. The lowest BCUT2D eigenvalue weighted by molar-refractivity contribution is -0.137. The van der Waals surface area contributed by atoms with Crippen molar-refractivity contribution in [2.45, 2.75) is 37.6 Å². The van der Waals surface area contributed by atoms with E-state index >= 15 is 0 Å². The lowest BCUT2D eigenvalue weighted by atomic mass is 10.0. The minimum absolute atomic E-state index is 0.152. The van der Waals surface area contributed by atoms with Crippen molar-refractivity contribution in [3.8, 4) is 0 Å². The zero-order valence-corrected chi connectivity index (χ0v) is 13.5. The third-order valence-electron chi connectivity index (χ3n) is 4.08. The number of nitrogens with one attached hydrogen (secondary N) is 2. The van der Waals surface area contributed by atoms with Gasteiger partial charge in [-0.15, -0.1) is 0 Å². The highest BCUT2D eigenvalue weighted by Crippen LogP contribution is 2.29. The van der Waals surface area contributed by atoms with E-state index in [9.17, 15) is 18.0 Å². The van der Waals surface area contributed by atoms with Crippen LogP contribution in [-0.2, 0) is 17.5 Å². The summed E-state index contributed by atoms with van der Waals surface area (Å²) >= 11 is 0. The first-order chi connectivity index (χ1) is 11.9. The van der Waals surface area contributed by atoms with Crippen molar-refractivity contribution in [3.63, 3.8) is 0 Å². The molecule has 3 rings (SSSR count). The summed E-state index contributed by atoms with van der Waals surface area (Å²) in [6.45, 7) is 0.168. The van der Waals surface area contributed by atoms with E-state index in [4.69, 9.17) is 0 Å². The molecule has 0 aliphatic heterocycles. The predicted molar refractivity (Wildman–Crippen MR) is 88.6 cm³/mol. The number of rotatable bonds is 6. The molecule has 0 spiro atoms. The van der Waals surface area contributed by atoms with Crippen LogP contribution in [0.3, 0.4) is 0 Å². The van der Waals surface area contributed by atoms with Crippen molar-refractivity contribution in [1.82, 2.24) is 10.6 Å². The van der Waals surface area contributed by atoms with Crippen LogP contribution < -0.4 is 10.6 Å². The first-order valence-corrected chi connectivity index (χ1v) is 8.18. The van der Waals surface area contributed by atoms with E-state index in [-0.39, 0.29) is 18.5 Å². The largest absolute Gasteiger partial charge is 0.416 e. The summed E-state index contributed by atoms with van der Waals surface area (Å²) in [7, 11) is 0. The van der Waals surface area contributed by atoms with Gasteiger partial charge in [-0.05, 0) is 30.0 Å². The lowest BCUT2D eigenvalue weighted by Gasteiger charge is -2.19. The first kappa shape index (κ1) is 17.5. The van der Waals surface area contributed by atoms with Crippen molar-refractivity contribution in [3.05, 3.63) is 71.3 Å². The first-order valence-electron chi connectivity index (χ1n) is 8.18. The number of carbonyl (C=O) groups excluding carboxylic acids is 1.